The summed E-state index contributed by atoms with van der Waals surface area (Å²) < 4.78 is 0. The van der Waals surface area contributed by atoms with Crippen LogP contribution in [0.15, 0.2) is 18.2 Å². The van der Waals surface area contributed by atoms with Crippen LogP contribution in [0, 0.1) is 10.1 Å². The highest BCUT2D eigenvalue weighted by atomic mass is 32.2. The molecule has 1 amide bonds. The Morgan fingerprint density at radius 3 is 2.70 bits per heavy atom. The molecule has 0 saturated heterocycles. The van der Waals surface area contributed by atoms with Crippen LogP contribution in [0.3, 0.4) is 0 Å². The molecule has 7 heteroatoms. The number of carbonyl (C=O) groups is 1. The van der Waals surface area contributed by atoms with Gasteiger partial charge in [0.15, 0.2) is 0 Å². The van der Waals surface area contributed by atoms with Crippen LogP contribution < -0.4 is 5.73 Å². The van der Waals surface area contributed by atoms with Crippen molar-refractivity contribution in [2.45, 2.75) is 19.4 Å². The van der Waals surface area contributed by atoms with Gasteiger partial charge < -0.3 is 10.6 Å². The van der Waals surface area contributed by atoms with Crippen LogP contribution in [0.25, 0.3) is 0 Å². The van der Waals surface area contributed by atoms with Gasteiger partial charge >= 0.3 is 5.69 Å². The first-order valence-electron chi connectivity index (χ1n) is 6.23. The van der Waals surface area contributed by atoms with Crippen molar-refractivity contribution in [2.24, 2.45) is 0 Å². The normalized spacial score (nSPS) is 11.9. The molecule has 1 unspecified atom stereocenters. The highest BCUT2D eigenvalue weighted by molar-refractivity contribution is 7.98. The fourth-order valence-electron chi connectivity index (χ4n) is 1.99. The summed E-state index contributed by atoms with van der Waals surface area (Å²) in [6, 6.07) is 4.46. The zero-order valence-corrected chi connectivity index (χ0v) is 12.6. The zero-order chi connectivity index (χ0) is 15.3. The number of amides is 1. The number of hydrogen-bond donors (Lipinski definition) is 1. The monoisotopic (exact) mass is 297 g/mol. The van der Waals surface area contributed by atoms with Crippen molar-refractivity contribution in [3.8, 4) is 0 Å². The molecule has 2 N–H and O–H groups in total. The maximum absolute atomic E-state index is 12.5. The SMILES string of the molecule is CCC(CSC)N(C)C(=O)c1cccc(N)c1[N+](=O)[O-]. The van der Waals surface area contributed by atoms with E-state index in [9.17, 15) is 14.9 Å². The summed E-state index contributed by atoms with van der Waals surface area (Å²) in [5.41, 5.74) is 5.34. The van der Waals surface area contributed by atoms with Crippen molar-refractivity contribution in [3.63, 3.8) is 0 Å². The van der Waals surface area contributed by atoms with E-state index in [-0.39, 0.29) is 28.9 Å². The van der Waals surface area contributed by atoms with E-state index in [1.54, 1.807) is 29.8 Å². The van der Waals surface area contributed by atoms with Gasteiger partial charge in [-0.1, -0.05) is 13.0 Å². The van der Waals surface area contributed by atoms with Gasteiger partial charge in [0, 0.05) is 18.8 Å². The molecule has 0 aromatic heterocycles. The molecule has 0 spiro atoms. The van der Waals surface area contributed by atoms with Crippen molar-refractivity contribution < 1.29 is 9.72 Å². The predicted octanol–water partition coefficient (Wildman–Crippen LogP) is 2.39. The van der Waals surface area contributed by atoms with E-state index in [0.29, 0.717) is 0 Å². The van der Waals surface area contributed by atoms with Gasteiger partial charge in [-0.25, -0.2) is 0 Å². The Morgan fingerprint density at radius 1 is 1.55 bits per heavy atom. The first-order valence-corrected chi connectivity index (χ1v) is 7.62. The van der Waals surface area contributed by atoms with Crippen molar-refractivity contribution in [2.75, 3.05) is 24.8 Å². The minimum absolute atomic E-state index is 0.00663. The van der Waals surface area contributed by atoms with Crippen LogP contribution in [0.5, 0.6) is 0 Å². The Kier molecular flexibility index (Phi) is 5.82. The van der Waals surface area contributed by atoms with Gasteiger partial charge in [-0.3, -0.25) is 14.9 Å². The molecule has 0 fully saturated rings. The largest absolute Gasteiger partial charge is 0.393 e. The summed E-state index contributed by atoms with van der Waals surface area (Å²) in [4.78, 5) is 24.5. The van der Waals surface area contributed by atoms with Crippen LogP contribution in [0.1, 0.15) is 23.7 Å². The van der Waals surface area contributed by atoms with Gasteiger partial charge in [0.2, 0.25) is 0 Å². The van der Waals surface area contributed by atoms with Gasteiger partial charge in [0.25, 0.3) is 5.91 Å². The highest BCUT2D eigenvalue weighted by Crippen LogP contribution is 2.27. The minimum Gasteiger partial charge on any atom is -0.393 e. The van der Waals surface area contributed by atoms with E-state index in [2.05, 4.69) is 0 Å². The lowest BCUT2D eigenvalue weighted by Gasteiger charge is -2.26. The second-order valence-electron chi connectivity index (χ2n) is 4.43. The fourth-order valence-corrected chi connectivity index (χ4v) is 2.83. The van der Waals surface area contributed by atoms with Crippen LogP contribution in [-0.2, 0) is 0 Å². The molecule has 1 atom stereocenters. The lowest BCUT2D eigenvalue weighted by molar-refractivity contribution is -0.384. The Labute approximate surface area is 122 Å². The Bertz CT molecular complexity index is 508. The smallest absolute Gasteiger partial charge is 0.304 e. The standard InChI is InChI=1S/C13H19N3O3S/c1-4-9(8-20-3)15(2)13(17)10-6-5-7-11(14)12(10)16(18)19/h5-7,9H,4,8,14H2,1-3H3. The van der Waals surface area contributed by atoms with Gasteiger partial charge in [-0.05, 0) is 24.8 Å². The van der Waals surface area contributed by atoms with E-state index in [4.69, 9.17) is 5.73 Å². The molecular formula is C13H19N3O3S. The van der Waals surface area contributed by atoms with Crippen molar-refractivity contribution in [3.05, 3.63) is 33.9 Å². The summed E-state index contributed by atoms with van der Waals surface area (Å²) in [6.45, 7) is 1.98. The van der Waals surface area contributed by atoms with Crippen molar-refractivity contribution in [1.82, 2.24) is 4.90 Å². The third-order valence-electron chi connectivity index (χ3n) is 3.18. The summed E-state index contributed by atoms with van der Waals surface area (Å²) in [5, 5.41) is 11.1. The number of carbonyl (C=O) groups excluding carboxylic acids is 1. The predicted molar refractivity (Wildman–Crippen MR) is 82.1 cm³/mol. The minimum atomic E-state index is -0.605. The van der Waals surface area contributed by atoms with Crippen molar-refractivity contribution >= 4 is 29.0 Å². The van der Waals surface area contributed by atoms with Gasteiger partial charge in [0.1, 0.15) is 11.3 Å². The molecule has 20 heavy (non-hydrogen) atoms. The molecule has 6 nitrogen and oxygen atoms in total. The highest BCUT2D eigenvalue weighted by Gasteiger charge is 2.27. The van der Waals surface area contributed by atoms with Crippen LogP contribution in [0.2, 0.25) is 0 Å². The summed E-state index contributed by atoms with van der Waals surface area (Å²) in [6.07, 6.45) is 2.75. The number of rotatable bonds is 6. The molecular weight excluding hydrogens is 278 g/mol. The molecule has 0 heterocycles. The van der Waals surface area contributed by atoms with Gasteiger partial charge in [-0.15, -0.1) is 0 Å². The molecule has 0 radical (unpaired) electrons. The molecule has 110 valence electrons. The van der Waals surface area contributed by atoms with Crippen LogP contribution >= 0.6 is 11.8 Å². The summed E-state index contributed by atoms with van der Waals surface area (Å²) >= 11 is 1.64. The molecule has 0 bridgehead atoms. The van der Waals surface area contributed by atoms with E-state index in [1.807, 2.05) is 13.2 Å². The molecule has 1 aromatic rings. The maximum Gasteiger partial charge on any atom is 0.304 e. The van der Waals surface area contributed by atoms with Gasteiger partial charge in [-0.2, -0.15) is 11.8 Å². The number of nitrogen functional groups attached to an aromatic ring is 1. The van der Waals surface area contributed by atoms with Gasteiger partial charge in [0.05, 0.1) is 4.92 Å². The number of thioether (sulfide) groups is 1. The zero-order valence-electron chi connectivity index (χ0n) is 11.8. The lowest BCUT2D eigenvalue weighted by Crippen LogP contribution is -2.38. The quantitative estimate of drug-likeness (QED) is 0.494. The van der Waals surface area contributed by atoms with Crippen LogP contribution in [-0.4, -0.2) is 40.8 Å². The maximum atomic E-state index is 12.5. The number of nitrogens with two attached hydrogens (primary N) is 1. The fraction of sp³-hybridized carbons (Fsp3) is 0.462. The Hall–Kier alpha value is -1.76. The van der Waals surface area contributed by atoms with Crippen molar-refractivity contribution in [1.29, 1.82) is 0 Å². The average Bonchev–Trinajstić information content (AvgIpc) is 2.42. The summed E-state index contributed by atoms with van der Waals surface area (Å²) in [7, 11) is 1.67. The molecule has 0 aliphatic heterocycles. The topological polar surface area (TPSA) is 89.5 Å². The third kappa shape index (κ3) is 3.41. The van der Waals surface area contributed by atoms with E-state index in [1.165, 1.54) is 12.1 Å². The number of para-hydroxylation sites is 1. The number of hydrogen-bond acceptors (Lipinski definition) is 5. The Morgan fingerprint density at radius 2 is 2.20 bits per heavy atom. The average molecular weight is 297 g/mol. The first-order chi connectivity index (χ1) is 9.43. The number of benzene rings is 1. The molecule has 0 saturated carbocycles. The van der Waals surface area contributed by atoms with E-state index in [0.717, 1.165) is 12.2 Å². The van der Waals surface area contributed by atoms with Crippen LogP contribution in [0.4, 0.5) is 11.4 Å². The number of nitrogens with zero attached hydrogens (tertiary/aromatic N) is 2. The molecule has 0 aliphatic carbocycles. The second-order valence-corrected chi connectivity index (χ2v) is 5.34. The number of anilines is 1. The summed E-state index contributed by atoms with van der Waals surface area (Å²) in [5.74, 6) is 0.416. The lowest BCUT2D eigenvalue weighted by atomic mass is 10.1. The Balaban J connectivity index is 3.15. The molecule has 0 aliphatic rings. The number of nitro groups is 1. The first kappa shape index (κ1) is 16.3. The third-order valence-corrected chi connectivity index (χ3v) is 3.90. The van der Waals surface area contributed by atoms with E-state index < -0.39 is 4.92 Å². The second kappa shape index (κ2) is 7.14. The van der Waals surface area contributed by atoms with E-state index >= 15 is 0 Å². The molecule has 1 aromatic carbocycles. The molecule has 1 rings (SSSR count). The number of nitro benzene ring substituents is 1.